The number of methoxy groups -OCH3 is 1. The van der Waals surface area contributed by atoms with Crippen molar-refractivity contribution >= 4 is 5.78 Å². The van der Waals surface area contributed by atoms with E-state index in [2.05, 4.69) is 6.58 Å². The molecular formula is C7H10O2. The smallest absolute Gasteiger partial charge is 0.187 e. The van der Waals surface area contributed by atoms with Gasteiger partial charge in [-0.25, -0.2) is 0 Å². The number of carbonyl (C=O) groups is 1. The Bertz CT molecular complexity index is 160. The van der Waals surface area contributed by atoms with Gasteiger partial charge in [0.2, 0.25) is 0 Å². The van der Waals surface area contributed by atoms with E-state index in [1.165, 1.54) is 0 Å². The number of carbonyl (C=O) groups excluding carboxylic acids is 1. The Hall–Kier alpha value is -0.630. The number of rotatable bonds is 1. The summed E-state index contributed by atoms with van der Waals surface area (Å²) in [5, 5.41) is 0. The van der Waals surface area contributed by atoms with E-state index in [-0.39, 0.29) is 17.8 Å². The first-order valence-corrected chi connectivity index (χ1v) is 2.94. The lowest BCUT2D eigenvalue weighted by Gasteiger charge is -2.32. The van der Waals surface area contributed by atoms with Crippen LogP contribution in [-0.2, 0) is 9.53 Å². The molecule has 2 heteroatoms. The second-order valence-corrected chi connectivity index (χ2v) is 2.33. The SMILES string of the molecule is C=C1C(=O)C(OC)C1C. The van der Waals surface area contributed by atoms with Crippen molar-refractivity contribution in [2.24, 2.45) is 5.92 Å². The summed E-state index contributed by atoms with van der Waals surface area (Å²) in [5.74, 6) is 0.285. The van der Waals surface area contributed by atoms with Gasteiger partial charge in [0.05, 0.1) is 0 Å². The monoisotopic (exact) mass is 126 g/mol. The van der Waals surface area contributed by atoms with Crippen molar-refractivity contribution in [1.29, 1.82) is 0 Å². The molecule has 0 N–H and O–H groups in total. The van der Waals surface area contributed by atoms with Crippen LogP contribution in [0.2, 0.25) is 0 Å². The van der Waals surface area contributed by atoms with Crippen LogP contribution in [0.25, 0.3) is 0 Å². The van der Waals surface area contributed by atoms with E-state index in [0.29, 0.717) is 5.57 Å². The maximum absolute atomic E-state index is 10.8. The topological polar surface area (TPSA) is 26.3 Å². The average Bonchev–Trinajstić information content (AvgIpc) is 1.89. The summed E-state index contributed by atoms with van der Waals surface area (Å²) < 4.78 is 4.87. The zero-order chi connectivity index (χ0) is 7.02. The summed E-state index contributed by atoms with van der Waals surface area (Å²) in [4.78, 5) is 10.8. The van der Waals surface area contributed by atoms with Crippen molar-refractivity contribution < 1.29 is 9.53 Å². The van der Waals surface area contributed by atoms with Gasteiger partial charge >= 0.3 is 0 Å². The minimum absolute atomic E-state index is 0.0602. The Labute approximate surface area is 54.5 Å². The highest BCUT2D eigenvalue weighted by atomic mass is 16.5. The zero-order valence-electron chi connectivity index (χ0n) is 5.68. The molecule has 0 aliphatic heterocycles. The van der Waals surface area contributed by atoms with Crippen LogP contribution in [0.4, 0.5) is 0 Å². The Morgan fingerprint density at radius 3 is 2.44 bits per heavy atom. The van der Waals surface area contributed by atoms with Crippen molar-refractivity contribution in [3.05, 3.63) is 12.2 Å². The number of hydrogen-bond acceptors (Lipinski definition) is 2. The van der Waals surface area contributed by atoms with E-state index >= 15 is 0 Å². The highest BCUT2D eigenvalue weighted by Crippen LogP contribution is 2.29. The summed E-state index contributed by atoms with van der Waals surface area (Å²) in [5.41, 5.74) is 0.696. The van der Waals surface area contributed by atoms with Crippen LogP contribution in [-0.4, -0.2) is 19.0 Å². The highest BCUT2D eigenvalue weighted by molar-refractivity contribution is 6.06. The van der Waals surface area contributed by atoms with Crippen LogP contribution in [0.3, 0.4) is 0 Å². The molecule has 0 spiro atoms. The van der Waals surface area contributed by atoms with Crippen LogP contribution < -0.4 is 0 Å². The number of ether oxygens (including phenoxy) is 1. The highest BCUT2D eigenvalue weighted by Gasteiger charge is 2.40. The molecule has 0 radical (unpaired) electrons. The maximum atomic E-state index is 10.8. The van der Waals surface area contributed by atoms with E-state index in [0.717, 1.165) is 0 Å². The molecule has 1 rings (SSSR count). The molecule has 1 aliphatic rings. The van der Waals surface area contributed by atoms with E-state index in [4.69, 9.17) is 4.74 Å². The molecule has 0 bridgehead atoms. The molecule has 0 aromatic rings. The largest absolute Gasteiger partial charge is 0.373 e. The molecule has 1 saturated carbocycles. The van der Waals surface area contributed by atoms with E-state index < -0.39 is 0 Å². The fourth-order valence-corrected chi connectivity index (χ4v) is 1.03. The molecule has 0 aromatic heterocycles. The Balaban J connectivity index is 2.61. The third-order valence-corrected chi connectivity index (χ3v) is 1.83. The summed E-state index contributed by atoms with van der Waals surface area (Å²) in [6.45, 7) is 5.53. The van der Waals surface area contributed by atoms with Crippen molar-refractivity contribution in [1.82, 2.24) is 0 Å². The molecule has 0 aromatic carbocycles. The van der Waals surface area contributed by atoms with Crippen LogP contribution in [0.5, 0.6) is 0 Å². The van der Waals surface area contributed by atoms with Gasteiger partial charge in [0.15, 0.2) is 5.78 Å². The van der Waals surface area contributed by atoms with Gasteiger partial charge in [0.25, 0.3) is 0 Å². The van der Waals surface area contributed by atoms with E-state index in [1.54, 1.807) is 7.11 Å². The quantitative estimate of drug-likeness (QED) is 0.485. The number of Topliss-reactive ketones (excluding diaryl/α,β-unsaturated/α-hetero) is 1. The predicted octanol–water partition coefficient (Wildman–Crippen LogP) is 0.776. The molecule has 0 heterocycles. The number of ketones is 1. The lowest BCUT2D eigenvalue weighted by atomic mass is 9.77. The van der Waals surface area contributed by atoms with Gasteiger partial charge in [0, 0.05) is 13.0 Å². The molecular weight excluding hydrogens is 116 g/mol. The third kappa shape index (κ3) is 0.704. The first kappa shape index (κ1) is 6.49. The van der Waals surface area contributed by atoms with Crippen molar-refractivity contribution in [3.63, 3.8) is 0 Å². The van der Waals surface area contributed by atoms with Crippen LogP contribution >= 0.6 is 0 Å². The summed E-state index contributed by atoms with van der Waals surface area (Å²) in [6.07, 6.45) is -0.211. The van der Waals surface area contributed by atoms with Gasteiger partial charge in [-0.05, 0) is 5.57 Å². The first-order chi connectivity index (χ1) is 4.18. The molecule has 0 saturated heterocycles. The van der Waals surface area contributed by atoms with Gasteiger partial charge in [-0.3, -0.25) is 4.79 Å². The fraction of sp³-hybridized carbons (Fsp3) is 0.571. The van der Waals surface area contributed by atoms with Crippen molar-refractivity contribution in [2.45, 2.75) is 13.0 Å². The predicted molar refractivity (Wildman–Crippen MR) is 34.1 cm³/mol. The van der Waals surface area contributed by atoms with Gasteiger partial charge in [-0.1, -0.05) is 13.5 Å². The van der Waals surface area contributed by atoms with Gasteiger partial charge in [0.1, 0.15) is 6.10 Å². The summed E-state index contributed by atoms with van der Waals surface area (Å²) in [6, 6.07) is 0. The zero-order valence-corrected chi connectivity index (χ0v) is 5.68. The van der Waals surface area contributed by atoms with Gasteiger partial charge in [-0.2, -0.15) is 0 Å². The molecule has 1 fully saturated rings. The van der Waals surface area contributed by atoms with Gasteiger partial charge in [-0.15, -0.1) is 0 Å². The molecule has 2 unspecified atom stereocenters. The maximum Gasteiger partial charge on any atom is 0.187 e. The fourth-order valence-electron chi connectivity index (χ4n) is 1.03. The Morgan fingerprint density at radius 2 is 2.22 bits per heavy atom. The van der Waals surface area contributed by atoms with Gasteiger partial charge < -0.3 is 4.74 Å². The minimum atomic E-state index is -0.211. The standard InChI is InChI=1S/C7H10O2/c1-4-5(2)7(9-3)6(4)8/h5,7H,1H2,2-3H3. The number of hydrogen-bond donors (Lipinski definition) is 0. The summed E-state index contributed by atoms with van der Waals surface area (Å²) >= 11 is 0. The molecule has 0 amide bonds. The molecule has 9 heavy (non-hydrogen) atoms. The second-order valence-electron chi connectivity index (χ2n) is 2.33. The Morgan fingerprint density at radius 1 is 1.67 bits per heavy atom. The molecule has 50 valence electrons. The summed E-state index contributed by atoms with van der Waals surface area (Å²) in [7, 11) is 1.55. The van der Waals surface area contributed by atoms with Crippen LogP contribution in [0, 0.1) is 5.92 Å². The van der Waals surface area contributed by atoms with Crippen molar-refractivity contribution in [3.8, 4) is 0 Å². The van der Waals surface area contributed by atoms with Crippen LogP contribution in [0.1, 0.15) is 6.92 Å². The lowest BCUT2D eigenvalue weighted by molar-refractivity contribution is -0.135. The van der Waals surface area contributed by atoms with E-state index in [1.807, 2.05) is 6.92 Å². The average molecular weight is 126 g/mol. The molecule has 1 aliphatic carbocycles. The molecule has 2 nitrogen and oxygen atoms in total. The van der Waals surface area contributed by atoms with E-state index in [9.17, 15) is 4.79 Å². The van der Waals surface area contributed by atoms with Crippen molar-refractivity contribution in [2.75, 3.05) is 7.11 Å². The molecule has 2 atom stereocenters. The Kier molecular flexibility index (Phi) is 1.41. The third-order valence-electron chi connectivity index (χ3n) is 1.83. The minimum Gasteiger partial charge on any atom is -0.373 e. The first-order valence-electron chi connectivity index (χ1n) is 2.94. The van der Waals surface area contributed by atoms with Crippen LogP contribution in [0.15, 0.2) is 12.2 Å². The second kappa shape index (κ2) is 1.95. The normalized spacial score (nSPS) is 34.4. The lowest BCUT2D eigenvalue weighted by Crippen LogP contribution is -2.44.